The molecule has 0 aliphatic carbocycles. The van der Waals surface area contributed by atoms with Crippen molar-refractivity contribution in [3.63, 3.8) is 0 Å². The largest absolute Gasteiger partial charge is 0.496 e. The second-order valence-corrected chi connectivity index (χ2v) is 5.46. The zero-order chi connectivity index (χ0) is 14.5. The van der Waals surface area contributed by atoms with E-state index in [1.54, 1.807) is 19.2 Å². The van der Waals surface area contributed by atoms with E-state index < -0.39 is 0 Å². The van der Waals surface area contributed by atoms with Crippen LogP contribution in [0.15, 0.2) is 40.9 Å². The maximum atomic E-state index is 9.10. The average Bonchev–Trinajstić information content (AvgIpc) is 2.45. The van der Waals surface area contributed by atoms with Gasteiger partial charge in [0.05, 0.1) is 18.4 Å². The maximum absolute atomic E-state index is 9.10. The molecule has 0 radical (unpaired) electrons. The highest BCUT2D eigenvalue weighted by Gasteiger charge is 2.06. The molecule has 0 heterocycles. The first-order valence-electron chi connectivity index (χ1n) is 5.90. The van der Waals surface area contributed by atoms with Crippen LogP contribution < -0.4 is 10.1 Å². The molecule has 0 atom stereocenters. The molecule has 0 saturated carbocycles. The fraction of sp³-hybridized carbons (Fsp3) is 0.133. The number of methoxy groups -OCH3 is 1. The third-order valence-corrected chi connectivity index (χ3v) is 3.54. The topological polar surface area (TPSA) is 45.0 Å². The summed E-state index contributed by atoms with van der Waals surface area (Å²) < 4.78 is 6.21. The number of hydrogen-bond acceptors (Lipinski definition) is 3. The Morgan fingerprint density at radius 1 is 1.30 bits per heavy atom. The summed E-state index contributed by atoms with van der Waals surface area (Å²) in [6.45, 7) is 0.523. The lowest BCUT2D eigenvalue weighted by Gasteiger charge is -2.12. The fourth-order valence-corrected chi connectivity index (χ4v) is 2.39. The van der Waals surface area contributed by atoms with E-state index in [1.807, 2.05) is 24.3 Å². The van der Waals surface area contributed by atoms with Crippen LogP contribution in [0.25, 0.3) is 0 Å². The summed E-state index contributed by atoms with van der Waals surface area (Å²) in [5.74, 6) is 0.760. The normalized spacial score (nSPS) is 9.90. The van der Waals surface area contributed by atoms with Crippen molar-refractivity contribution in [3.05, 3.63) is 57.0 Å². The molecule has 0 aliphatic heterocycles. The molecule has 5 heteroatoms. The average molecular weight is 352 g/mol. The van der Waals surface area contributed by atoms with Crippen LogP contribution in [0, 0.1) is 11.3 Å². The third kappa shape index (κ3) is 3.44. The maximum Gasteiger partial charge on any atom is 0.123 e. The van der Waals surface area contributed by atoms with Crippen molar-refractivity contribution < 1.29 is 4.74 Å². The zero-order valence-electron chi connectivity index (χ0n) is 10.8. The van der Waals surface area contributed by atoms with Gasteiger partial charge in [-0.15, -0.1) is 0 Å². The Bertz CT molecular complexity index is 667. The number of halogens is 2. The quantitative estimate of drug-likeness (QED) is 0.876. The first-order valence-corrected chi connectivity index (χ1v) is 7.07. The number of nitrogens with zero attached hydrogens (tertiary/aromatic N) is 1. The van der Waals surface area contributed by atoms with Crippen LogP contribution in [0.5, 0.6) is 5.75 Å². The Morgan fingerprint density at radius 2 is 2.10 bits per heavy atom. The van der Waals surface area contributed by atoms with E-state index in [4.69, 9.17) is 21.6 Å². The van der Waals surface area contributed by atoms with Gasteiger partial charge in [-0.25, -0.2) is 0 Å². The molecule has 3 nitrogen and oxygen atoms in total. The summed E-state index contributed by atoms with van der Waals surface area (Å²) in [6, 6.07) is 13.1. The Morgan fingerprint density at radius 3 is 2.80 bits per heavy atom. The molecule has 102 valence electrons. The summed E-state index contributed by atoms with van der Waals surface area (Å²) in [7, 11) is 1.62. The fourth-order valence-electron chi connectivity index (χ4n) is 1.84. The van der Waals surface area contributed by atoms with Gasteiger partial charge < -0.3 is 10.1 Å². The van der Waals surface area contributed by atoms with Crippen LogP contribution in [0.4, 0.5) is 5.69 Å². The number of rotatable bonds is 4. The summed E-state index contributed by atoms with van der Waals surface area (Å²) >= 11 is 9.39. The molecule has 0 saturated heterocycles. The SMILES string of the molecule is COc1ccc(Cl)cc1CNc1cc(Br)ccc1C#N. The van der Waals surface area contributed by atoms with Crippen molar-refractivity contribution in [2.75, 3.05) is 12.4 Å². The second-order valence-electron chi connectivity index (χ2n) is 4.11. The minimum atomic E-state index is 0.523. The first kappa shape index (κ1) is 14.7. The van der Waals surface area contributed by atoms with Crippen LogP contribution in [0.3, 0.4) is 0 Å². The summed E-state index contributed by atoms with van der Waals surface area (Å²) in [6.07, 6.45) is 0. The summed E-state index contributed by atoms with van der Waals surface area (Å²) in [5.41, 5.74) is 2.29. The van der Waals surface area contributed by atoms with E-state index in [2.05, 4.69) is 27.3 Å². The molecule has 2 aromatic rings. The van der Waals surface area contributed by atoms with E-state index in [1.165, 1.54) is 0 Å². The molecule has 2 rings (SSSR count). The van der Waals surface area contributed by atoms with Crippen molar-refractivity contribution in [3.8, 4) is 11.8 Å². The Balaban J connectivity index is 2.23. The van der Waals surface area contributed by atoms with Gasteiger partial charge in [-0.1, -0.05) is 27.5 Å². The molecule has 0 bridgehead atoms. The van der Waals surface area contributed by atoms with E-state index in [9.17, 15) is 0 Å². The number of nitriles is 1. The minimum Gasteiger partial charge on any atom is -0.496 e. The first-order chi connectivity index (χ1) is 9.63. The van der Waals surface area contributed by atoms with Gasteiger partial charge in [-0.3, -0.25) is 0 Å². The van der Waals surface area contributed by atoms with Gasteiger partial charge in [-0.2, -0.15) is 5.26 Å². The monoisotopic (exact) mass is 350 g/mol. The van der Waals surface area contributed by atoms with Crippen molar-refractivity contribution in [1.82, 2.24) is 0 Å². The van der Waals surface area contributed by atoms with E-state index in [0.717, 1.165) is 21.5 Å². The van der Waals surface area contributed by atoms with Gasteiger partial charge >= 0.3 is 0 Å². The predicted octanol–water partition coefficient (Wildman–Crippen LogP) is 4.59. The van der Waals surface area contributed by atoms with Crippen molar-refractivity contribution in [1.29, 1.82) is 5.26 Å². The summed E-state index contributed by atoms with van der Waals surface area (Å²) in [5, 5.41) is 13.0. The van der Waals surface area contributed by atoms with Gasteiger partial charge in [0.15, 0.2) is 0 Å². The van der Waals surface area contributed by atoms with Crippen LogP contribution in [0.2, 0.25) is 5.02 Å². The van der Waals surface area contributed by atoms with Gasteiger partial charge in [-0.05, 0) is 36.4 Å². The van der Waals surface area contributed by atoms with Gasteiger partial charge in [0.25, 0.3) is 0 Å². The lowest BCUT2D eigenvalue weighted by Crippen LogP contribution is -2.03. The van der Waals surface area contributed by atoms with Crippen molar-refractivity contribution in [2.45, 2.75) is 6.54 Å². The zero-order valence-corrected chi connectivity index (χ0v) is 13.1. The van der Waals surface area contributed by atoms with E-state index in [-0.39, 0.29) is 0 Å². The molecule has 2 aromatic carbocycles. The van der Waals surface area contributed by atoms with Crippen LogP contribution in [0.1, 0.15) is 11.1 Å². The Labute approximate surface area is 131 Å². The van der Waals surface area contributed by atoms with Crippen LogP contribution in [-0.2, 0) is 6.54 Å². The molecular formula is C15H12BrClN2O. The number of nitrogens with one attached hydrogen (secondary N) is 1. The highest BCUT2D eigenvalue weighted by molar-refractivity contribution is 9.10. The number of benzene rings is 2. The molecule has 0 aromatic heterocycles. The lowest BCUT2D eigenvalue weighted by molar-refractivity contribution is 0.410. The predicted molar refractivity (Wildman–Crippen MR) is 84.2 cm³/mol. The molecule has 0 fully saturated rings. The second kappa shape index (κ2) is 6.65. The Hall–Kier alpha value is -1.70. The van der Waals surface area contributed by atoms with Gasteiger partial charge in [0.2, 0.25) is 0 Å². The van der Waals surface area contributed by atoms with E-state index in [0.29, 0.717) is 17.1 Å². The molecular weight excluding hydrogens is 340 g/mol. The summed E-state index contributed by atoms with van der Waals surface area (Å²) in [4.78, 5) is 0. The Kier molecular flexibility index (Phi) is 4.89. The smallest absolute Gasteiger partial charge is 0.123 e. The molecule has 0 aliphatic rings. The van der Waals surface area contributed by atoms with Gasteiger partial charge in [0, 0.05) is 21.6 Å². The molecule has 0 unspecified atom stereocenters. The van der Waals surface area contributed by atoms with Gasteiger partial charge in [0.1, 0.15) is 11.8 Å². The number of ether oxygens (including phenoxy) is 1. The minimum absolute atomic E-state index is 0.523. The molecule has 1 N–H and O–H groups in total. The lowest BCUT2D eigenvalue weighted by atomic mass is 10.1. The number of anilines is 1. The standard InChI is InChI=1S/C15H12BrClN2O/c1-20-15-5-4-13(17)6-11(15)9-19-14-7-12(16)3-2-10(14)8-18/h2-7,19H,9H2,1H3. The highest BCUT2D eigenvalue weighted by atomic mass is 79.9. The molecule has 0 spiro atoms. The van der Waals surface area contributed by atoms with Crippen molar-refractivity contribution in [2.24, 2.45) is 0 Å². The number of hydrogen-bond donors (Lipinski definition) is 1. The molecule has 0 amide bonds. The highest BCUT2D eigenvalue weighted by Crippen LogP contribution is 2.25. The van der Waals surface area contributed by atoms with E-state index >= 15 is 0 Å². The molecule has 20 heavy (non-hydrogen) atoms. The third-order valence-electron chi connectivity index (χ3n) is 2.81. The van der Waals surface area contributed by atoms with Crippen LogP contribution >= 0.6 is 27.5 Å². The van der Waals surface area contributed by atoms with Crippen LogP contribution in [-0.4, -0.2) is 7.11 Å². The van der Waals surface area contributed by atoms with Crippen molar-refractivity contribution >= 4 is 33.2 Å².